The number of methoxy groups -OCH3 is 2. The molecule has 6 nitrogen and oxygen atoms in total. The van der Waals surface area contributed by atoms with Crippen LogP contribution in [-0.4, -0.2) is 38.7 Å². The Balaban J connectivity index is 2.06. The van der Waals surface area contributed by atoms with Gasteiger partial charge in [0, 0.05) is 25.3 Å². The third-order valence-electron chi connectivity index (χ3n) is 3.91. The van der Waals surface area contributed by atoms with Crippen molar-refractivity contribution in [2.24, 2.45) is 0 Å². The topological polar surface area (TPSA) is 63.7 Å². The molecule has 25 heavy (non-hydrogen) atoms. The average molecular weight is 343 g/mol. The summed E-state index contributed by atoms with van der Waals surface area (Å²) in [5.74, 6) is 0.897. The van der Waals surface area contributed by atoms with Crippen molar-refractivity contribution in [3.05, 3.63) is 42.2 Å². The zero-order valence-electron chi connectivity index (χ0n) is 15.2. The first-order valence-corrected chi connectivity index (χ1v) is 8.29. The molecule has 0 unspecified atom stereocenters. The number of nitrogens with zero attached hydrogens (tertiary/aromatic N) is 2. The molecule has 0 bridgehead atoms. The minimum Gasteiger partial charge on any atom is -0.493 e. The zero-order chi connectivity index (χ0) is 18.2. The molecule has 0 aliphatic heterocycles. The Morgan fingerprint density at radius 1 is 1.16 bits per heavy atom. The minimum absolute atomic E-state index is 0.269. The molecule has 2 rings (SSSR count). The van der Waals surface area contributed by atoms with E-state index in [4.69, 9.17) is 9.47 Å². The largest absolute Gasteiger partial charge is 0.493 e. The molecule has 1 amide bonds. The molecule has 0 aliphatic rings. The number of hydrogen-bond donors (Lipinski definition) is 1. The molecule has 0 saturated carbocycles. The quantitative estimate of drug-likeness (QED) is 0.793. The first-order valence-electron chi connectivity index (χ1n) is 8.29. The summed E-state index contributed by atoms with van der Waals surface area (Å²) < 4.78 is 10.4. The summed E-state index contributed by atoms with van der Waals surface area (Å²) in [5, 5.41) is 2.82. The highest BCUT2D eigenvalue weighted by Crippen LogP contribution is 2.29. The number of benzene rings is 1. The van der Waals surface area contributed by atoms with Gasteiger partial charge in [0.1, 0.15) is 5.69 Å². The molecule has 134 valence electrons. The van der Waals surface area contributed by atoms with E-state index in [2.05, 4.69) is 22.1 Å². The number of carbonyl (C=O) groups is 1. The van der Waals surface area contributed by atoms with E-state index in [0.29, 0.717) is 22.9 Å². The lowest BCUT2D eigenvalue weighted by Crippen LogP contribution is -2.19. The van der Waals surface area contributed by atoms with Crippen LogP contribution in [0.3, 0.4) is 0 Å². The summed E-state index contributed by atoms with van der Waals surface area (Å²) >= 11 is 0. The maximum atomic E-state index is 12.4. The van der Waals surface area contributed by atoms with Gasteiger partial charge in [0.25, 0.3) is 5.91 Å². The molecule has 1 aromatic heterocycles. The van der Waals surface area contributed by atoms with Gasteiger partial charge in [-0.1, -0.05) is 13.3 Å². The molecule has 0 radical (unpaired) electrons. The second-order valence-electron chi connectivity index (χ2n) is 5.70. The second-order valence-corrected chi connectivity index (χ2v) is 5.70. The lowest BCUT2D eigenvalue weighted by molar-refractivity contribution is 0.102. The molecular weight excluding hydrogens is 318 g/mol. The number of pyridine rings is 1. The van der Waals surface area contributed by atoms with Crippen molar-refractivity contribution in [3.63, 3.8) is 0 Å². The van der Waals surface area contributed by atoms with Gasteiger partial charge >= 0.3 is 0 Å². The Bertz CT molecular complexity index is 702. The summed E-state index contributed by atoms with van der Waals surface area (Å²) in [5.41, 5.74) is 1.98. The predicted octanol–water partition coefficient (Wildman–Crippen LogP) is 3.59. The number of anilines is 2. The van der Waals surface area contributed by atoms with Gasteiger partial charge in [0.15, 0.2) is 11.5 Å². The van der Waals surface area contributed by atoms with Crippen molar-refractivity contribution < 1.29 is 14.3 Å². The van der Waals surface area contributed by atoms with E-state index in [1.807, 2.05) is 13.1 Å². The molecule has 1 aromatic carbocycles. The molecule has 1 N–H and O–H groups in total. The molecule has 1 heterocycles. The third-order valence-corrected chi connectivity index (χ3v) is 3.91. The average Bonchev–Trinajstić information content (AvgIpc) is 2.66. The number of rotatable bonds is 8. The Hall–Kier alpha value is -2.76. The van der Waals surface area contributed by atoms with E-state index >= 15 is 0 Å². The maximum absolute atomic E-state index is 12.4. The first kappa shape index (κ1) is 18.6. The van der Waals surface area contributed by atoms with Crippen LogP contribution in [-0.2, 0) is 0 Å². The summed E-state index contributed by atoms with van der Waals surface area (Å²) in [6, 6.07) is 8.85. The van der Waals surface area contributed by atoms with Gasteiger partial charge < -0.3 is 19.7 Å². The summed E-state index contributed by atoms with van der Waals surface area (Å²) in [7, 11) is 5.15. The molecule has 0 saturated heterocycles. The normalized spacial score (nSPS) is 10.2. The van der Waals surface area contributed by atoms with E-state index in [1.165, 1.54) is 0 Å². The van der Waals surface area contributed by atoms with Crippen LogP contribution in [0.25, 0.3) is 0 Å². The van der Waals surface area contributed by atoms with Crippen LogP contribution in [0.4, 0.5) is 11.4 Å². The van der Waals surface area contributed by atoms with Crippen molar-refractivity contribution in [1.29, 1.82) is 0 Å². The summed E-state index contributed by atoms with van der Waals surface area (Å²) in [6.45, 7) is 3.13. The van der Waals surface area contributed by atoms with Gasteiger partial charge in [-0.3, -0.25) is 4.79 Å². The predicted molar refractivity (Wildman–Crippen MR) is 99.9 cm³/mol. The number of carbonyl (C=O) groups excluding carboxylic acids is 1. The van der Waals surface area contributed by atoms with Gasteiger partial charge in [0.05, 0.1) is 26.1 Å². The maximum Gasteiger partial charge on any atom is 0.274 e. The number of nitrogens with one attached hydrogen (secondary N) is 1. The standard InChI is InChI=1S/C19H25N3O3/c1-5-6-11-22(2)15-8-9-16(20-13-15)19(23)21-14-7-10-17(24-3)18(12-14)25-4/h7-10,12-13H,5-6,11H2,1-4H3,(H,21,23). The number of hydrogen-bond acceptors (Lipinski definition) is 5. The highest BCUT2D eigenvalue weighted by atomic mass is 16.5. The van der Waals surface area contributed by atoms with Crippen LogP contribution in [0.2, 0.25) is 0 Å². The lowest BCUT2D eigenvalue weighted by atomic mass is 10.2. The number of amides is 1. The van der Waals surface area contributed by atoms with Crippen LogP contribution in [0.15, 0.2) is 36.5 Å². The van der Waals surface area contributed by atoms with Crippen molar-refractivity contribution in [1.82, 2.24) is 4.98 Å². The smallest absolute Gasteiger partial charge is 0.274 e. The van der Waals surface area contributed by atoms with Crippen molar-refractivity contribution in [2.75, 3.05) is 38.0 Å². The van der Waals surface area contributed by atoms with Gasteiger partial charge in [0.2, 0.25) is 0 Å². The Labute approximate surface area is 148 Å². The number of ether oxygens (including phenoxy) is 2. The van der Waals surface area contributed by atoms with Crippen LogP contribution in [0, 0.1) is 0 Å². The Morgan fingerprint density at radius 2 is 1.92 bits per heavy atom. The van der Waals surface area contributed by atoms with Crippen LogP contribution in [0.5, 0.6) is 11.5 Å². The summed E-state index contributed by atoms with van der Waals surface area (Å²) in [6.07, 6.45) is 3.99. The van der Waals surface area contributed by atoms with Gasteiger partial charge in [-0.15, -0.1) is 0 Å². The van der Waals surface area contributed by atoms with Gasteiger partial charge in [-0.2, -0.15) is 0 Å². The number of aromatic nitrogens is 1. The van der Waals surface area contributed by atoms with E-state index in [9.17, 15) is 4.79 Å². The minimum atomic E-state index is -0.269. The summed E-state index contributed by atoms with van der Waals surface area (Å²) in [4.78, 5) is 18.8. The number of unbranched alkanes of at least 4 members (excludes halogenated alkanes) is 1. The monoisotopic (exact) mass is 343 g/mol. The van der Waals surface area contributed by atoms with E-state index in [0.717, 1.165) is 25.1 Å². The van der Waals surface area contributed by atoms with Gasteiger partial charge in [-0.25, -0.2) is 4.98 Å². The highest BCUT2D eigenvalue weighted by Gasteiger charge is 2.11. The van der Waals surface area contributed by atoms with Crippen molar-refractivity contribution >= 4 is 17.3 Å². The third kappa shape index (κ3) is 4.86. The lowest BCUT2D eigenvalue weighted by Gasteiger charge is -2.18. The molecule has 0 atom stereocenters. The molecule has 0 spiro atoms. The fourth-order valence-electron chi connectivity index (χ4n) is 2.38. The molecule has 2 aromatic rings. The molecule has 6 heteroatoms. The molecule has 0 fully saturated rings. The van der Waals surface area contributed by atoms with E-state index < -0.39 is 0 Å². The van der Waals surface area contributed by atoms with Crippen LogP contribution < -0.4 is 19.7 Å². The first-order chi connectivity index (χ1) is 12.1. The second kappa shape index (κ2) is 8.92. The molecule has 0 aliphatic carbocycles. The van der Waals surface area contributed by atoms with Crippen LogP contribution in [0.1, 0.15) is 30.3 Å². The van der Waals surface area contributed by atoms with Crippen LogP contribution >= 0.6 is 0 Å². The fraction of sp³-hybridized carbons (Fsp3) is 0.368. The highest BCUT2D eigenvalue weighted by molar-refractivity contribution is 6.03. The van der Waals surface area contributed by atoms with Crippen molar-refractivity contribution in [2.45, 2.75) is 19.8 Å². The van der Waals surface area contributed by atoms with Crippen molar-refractivity contribution in [3.8, 4) is 11.5 Å². The van der Waals surface area contributed by atoms with E-state index in [-0.39, 0.29) is 5.91 Å². The zero-order valence-corrected chi connectivity index (χ0v) is 15.2. The SMILES string of the molecule is CCCCN(C)c1ccc(C(=O)Nc2ccc(OC)c(OC)c2)nc1. The fourth-order valence-corrected chi connectivity index (χ4v) is 2.38. The Kier molecular flexibility index (Phi) is 6.62. The van der Waals surface area contributed by atoms with Gasteiger partial charge in [-0.05, 0) is 30.7 Å². The Morgan fingerprint density at radius 3 is 2.52 bits per heavy atom. The van der Waals surface area contributed by atoms with E-state index in [1.54, 1.807) is 44.7 Å². The molecular formula is C19H25N3O3.